The fraction of sp³-hybridized carbons (Fsp3) is 0.842. The van der Waals surface area contributed by atoms with Crippen LogP contribution >= 0.6 is 0 Å². The Kier molecular flexibility index (Phi) is 4.55. The molecule has 2 bridgehead atoms. The molecule has 3 rings (SSSR count). The number of carbonyl (C=O) groups is 1. The third-order valence-corrected chi connectivity index (χ3v) is 6.47. The van der Waals surface area contributed by atoms with Crippen LogP contribution in [0.2, 0.25) is 0 Å². The van der Waals surface area contributed by atoms with Crippen molar-refractivity contribution in [1.29, 1.82) is 0 Å². The summed E-state index contributed by atoms with van der Waals surface area (Å²) in [4.78, 5) is 12.7. The molecular weight excluding hydrogens is 276 g/mol. The van der Waals surface area contributed by atoms with E-state index < -0.39 is 0 Å². The largest absolute Gasteiger partial charge is 0.459 e. The van der Waals surface area contributed by atoms with Gasteiger partial charge in [-0.15, -0.1) is 0 Å². The van der Waals surface area contributed by atoms with Crippen molar-refractivity contribution in [1.82, 2.24) is 0 Å². The first-order valence-electron chi connectivity index (χ1n) is 8.73. The SMILES string of the molecule is [CH]C1CC([CH])C(C(=O)OC2(CC)CC3CCC2C3COC)C1. The van der Waals surface area contributed by atoms with Gasteiger partial charge in [-0.1, -0.05) is 6.92 Å². The van der Waals surface area contributed by atoms with Crippen LogP contribution in [0.15, 0.2) is 0 Å². The zero-order valence-corrected chi connectivity index (χ0v) is 13.8. The van der Waals surface area contributed by atoms with E-state index in [1.54, 1.807) is 7.11 Å². The molecular formula is C19H28O3. The minimum atomic E-state index is -0.296. The van der Waals surface area contributed by atoms with E-state index in [2.05, 4.69) is 6.92 Å². The van der Waals surface area contributed by atoms with E-state index in [-0.39, 0.29) is 29.3 Å². The van der Waals surface area contributed by atoms with Crippen molar-refractivity contribution >= 4 is 5.97 Å². The van der Waals surface area contributed by atoms with Gasteiger partial charge in [0.25, 0.3) is 0 Å². The lowest BCUT2D eigenvalue weighted by Crippen LogP contribution is -2.42. The van der Waals surface area contributed by atoms with Gasteiger partial charge in [-0.05, 0) is 76.0 Å². The second-order valence-electron chi connectivity index (χ2n) is 7.61. The fourth-order valence-electron chi connectivity index (χ4n) is 5.35. The van der Waals surface area contributed by atoms with E-state index in [0.29, 0.717) is 24.2 Å². The topological polar surface area (TPSA) is 35.5 Å². The van der Waals surface area contributed by atoms with Crippen molar-refractivity contribution in [3.05, 3.63) is 13.8 Å². The van der Waals surface area contributed by atoms with E-state index in [9.17, 15) is 4.79 Å². The van der Waals surface area contributed by atoms with Gasteiger partial charge >= 0.3 is 5.97 Å². The summed E-state index contributed by atoms with van der Waals surface area (Å²) in [5, 5.41) is 0. The molecule has 0 amide bonds. The van der Waals surface area contributed by atoms with Crippen molar-refractivity contribution in [3.8, 4) is 0 Å². The third kappa shape index (κ3) is 2.60. The van der Waals surface area contributed by atoms with Crippen LogP contribution in [-0.2, 0) is 14.3 Å². The highest BCUT2D eigenvalue weighted by Gasteiger charge is 2.58. The predicted octanol–water partition coefficient (Wildman–Crippen LogP) is 3.44. The van der Waals surface area contributed by atoms with Gasteiger partial charge in [-0.25, -0.2) is 0 Å². The van der Waals surface area contributed by atoms with Crippen LogP contribution in [-0.4, -0.2) is 25.3 Å². The summed E-state index contributed by atoms with van der Waals surface area (Å²) >= 11 is 0. The van der Waals surface area contributed by atoms with Crippen LogP contribution in [0.1, 0.15) is 45.4 Å². The molecule has 3 aliphatic rings. The smallest absolute Gasteiger partial charge is 0.309 e. The van der Waals surface area contributed by atoms with Crippen LogP contribution < -0.4 is 0 Å². The zero-order valence-electron chi connectivity index (χ0n) is 13.8. The monoisotopic (exact) mass is 304 g/mol. The van der Waals surface area contributed by atoms with Crippen LogP contribution in [0.5, 0.6) is 0 Å². The third-order valence-electron chi connectivity index (χ3n) is 6.47. The van der Waals surface area contributed by atoms with E-state index >= 15 is 0 Å². The number of hydrogen-bond acceptors (Lipinski definition) is 3. The molecule has 3 saturated carbocycles. The minimum absolute atomic E-state index is 0.0337. The van der Waals surface area contributed by atoms with Gasteiger partial charge in [-0.2, -0.15) is 0 Å². The molecule has 0 saturated heterocycles. The van der Waals surface area contributed by atoms with Gasteiger partial charge < -0.3 is 9.47 Å². The maximum Gasteiger partial charge on any atom is 0.309 e. The Balaban J connectivity index is 1.71. The second kappa shape index (κ2) is 6.14. The molecule has 3 fully saturated rings. The maximum absolute atomic E-state index is 12.7. The summed E-state index contributed by atoms with van der Waals surface area (Å²) in [6, 6.07) is 0. The lowest BCUT2D eigenvalue weighted by Gasteiger charge is -2.38. The van der Waals surface area contributed by atoms with Crippen LogP contribution in [0.3, 0.4) is 0 Å². The fourth-order valence-corrected chi connectivity index (χ4v) is 5.35. The summed E-state index contributed by atoms with van der Waals surface area (Å²) in [5.74, 6) is 1.16. The summed E-state index contributed by atoms with van der Waals surface area (Å²) < 4.78 is 11.5. The number of rotatable bonds is 5. The molecule has 3 heteroatoms. The highest BCUT2D eigenvalue weighted by Crippen LogP contribution is 2.58. The minimum Gasteiger partial charge on any atom is -0.459 e. The van der Waals surface area contributed by atoms with Gasteiger partial charge in [0.2, 0.25) is 0 Å². The summed E-state index contributed by atoms with van der Waals surface area (Å²) in [6.45, 7) is 14.9. The predicted molar refractivity (Wildman–Crippen MR) is 83.6 cm³/mol. The van der Waals surface area contributed by atoms with E-state index in [4.69, 9.17) is 23.3 Å². The number of esters is 1. The lowest BCUT2D eigenvalue weighted by atomic mass is 9.81. The van der Waals surface area contributed by atoms with Gasteiger partial charge in [0, 0.05) is 19.6 Å². The molecule has 0 aromatic heterocycles. The van der Waals surface area contributed by atoms with Gasteiger partial charge in [0.05, 0.1) is 5.92 Å². The molecule has 0 aromatic carbocycles. The lowest BCUT2D eigenvalue weighted by molar-refractivity contribution is -0.173. The summed E-state index contributed by atoms with van der Waals surface area (Å²) in [7, 11) is 1.76. The number of carbonyl (C=O) groups excluding carboxylic acids is 1. The first-order valence-corrected chi connectivity index (χ1v) is 8.73. The number of ether oxygens (including phenoxy) is 2. The van der Waals surface area contributed by atoms with Crippen molar-refractivity contribution < 1.29 is 14.3 Å². The molecule has 22 heavy (non-hydrogen) atoms. The zero-order chi connectivity index (χ0) is 15.9. The van der Waals surface area contributed by atoms with Gasteiger partial charge in [0.15, 0.2) is 0 Å². The number of methoxy groups -OCH3 is 1. The normalized spacial score (nSPS) is 47.1. The molecule has 0 aliphatic heterocycles. The quantitative estimate of drug-likeness (QED) is 0.730. The van der Waals surface area contributed by atoms with Crippen molar-refractivity contribution in [2.24, 2.45) is 35.5 Å². The summed E-state index contributed by atoms with van der Waals surface area (Å²) in [5.41, 5.74) is -0.296. The van der Waals surface area contributed by atoms with Crippen LogP contribution in [0.4, 0.5) is 0 Å². The molecule has 4 radical (unpaired) electrons. The molecule has 122 valence electrons. The van der Waals surface area contributed by atoms with E-state index in [1.165, 1.54) is 6.42 Å². The molecule has 3 aliphatic carbocycles. The first-order chi connectivity index (χ1) is 10.5. The highest BCUT2D eigenvalue weighted by atomic mass is 16.6. The first kappa shape index (κ1) is 16.3. The van der Waals surface area contributed by atoms with Gasteiger partial charge in [0.1, 0.15) is 5.60 Å². The van der Waals surface area contributed by atoms with E-state index in [0.717, 1.165) is 32.3 Å². The Labute approximate surface area is 135 Å². The highest BCUT2D eigenvalue weighted by molar-refractivity contribution is 5.74. The number of fused-ring (bicyclic) bond motifs is 2. The molecule has 3 nitrogen and oxygen atoms in total. The molecule has 0 heterocycles. The van der Waals surface area contributed by atoms with Gasteiger partial charge in [-0.3, -0.25) is 4.79 Å². The Bertz CT molecular complexity index is 421. The Morgan fingerprint density at radius 2 is 2.05 bits per heavy atom. The van der Waals surface area contributed by atoms with Crippen LogP contribution in [0, 0.1) is 49.4 Å². The average molecular weight is 304 g/mol. The average Bonchev–Trinajstić information content (AvgIpc) is 3.11. The summed E-state index contributed by atoms with van der Waals surface area (Å²) in [6.07, 6.45) is 5.64. The van der Waals surface area contributed by atoms with Crippen molar-refractivity contribution in [3.63, 3.8) is 0 Å². The molecule has 7 atom stereocenters. The molecule has 0 aromatic rings. The van der Waals surface area contributed by atoms with Crippen molar-refractivity contribution in [2.75, 3.05) is 13.7 Å². The molecule has 7 unspecified atom stereocenters. The van der Waals surface area contributed by atoms with Crippen molar-refractivity contribution in [2.45, 2.75) is 51.0 Å². The van der Waals surface area contributed by atoms with Crippen LogP contribution in [0.25, 0.3) is 0 Å². The Hall–Kier alpha value is -0.570. The molecule has 0 spiro atoms. The Morgan fingerprint density at radius 1 is 1.27 bits per heavy atom. The Morgan fingerprint density at radius 3 is 2.64 bits per heavy atom. The standard InChI is InChI=1S/C19H28O3/c1-5-19(10-14-6-7-17(19)16(14)11-21-4)22-18(20)15-9-12(2)8-13(15)3/h2-3,12-17H,5-11H2,1,4H3. The number of hydrogen-bond donors (Lipinski definition) is 0. The molecule has 0 N–H and O–H groups in total. The second-order valence-corrected chi connectivity index (χ2v) is 7.61. The van der Waals surface area contributed by atoms with E-state index in [1.807, 2.05) is 0 Å². The maximum atomic E-state index is 12.7.